The summed E-state index contributed by atoms with van der Waals surface area (Å²) in [5.41, 5.74) is 1.47. The SMILES string of the molecule is C[C@@H](N[C@H](C(=O)O)c1ccccc1)C(=O)OCc1ccccc1. The molecule has 0 spiro atoms. The lowest BCUT2D eigenvalue weighted by Gasteiger charge is -2.19. The Morgan fingerprint density at radius 2 is 1.61 bits per heavy atom. The Bertz CT molecular complexity index is 643. The van der Waals surface area contributed by atoms with Gasteiger partial charge in [0.2, 0.25) is 0 Å². The molecule has 0 saturated carbocycles. The Balaban J connectivity index is 1.94. The van der Waals surface area contributed by atoms with Crippen molar-refractivity contribution in [3.05, 3.63) is 71.8 Å². The summed E-state index contributed by atoms with van der Waals surface area (Å²) in [5.74, 6) is -1.53. The van der Waals surface area contributed by atoms with Gasteiger partial charge in [0, 0.05) is 0 Å². The maximum absolute atomic E-state index is 12.0. The minimum absolute atomic E-state index is 0.161. The summed E-state index contributed by atoms with van der Waals surface area (Å²) in [4.78, 5) is 23.5. The van der Waals surface area contributed by atoms with Crippen molar-refractivity contribution in [3.8, 4) is 0 Å². The van der Waals surface area contributed by atoms with Gasteiger partial charge in [0.05, 0.1) is 0 Å². The summed E-state index contributed by atoms with van der Waals surface area (Å²) in [6, 6.07) is 16.3. The van der Waals surface area contributed by atoms with Gasteiger partial charge in [0.25, 0.3) is 0 Å². The Hall–Kier alpha value is -2.66. The van der Waals surface area contributed by atoms with E-state index in [1.807, 2.05) is 30.3 Å². The molecule has 0 aromatic heterocycles. The van der Waals surface area contributed by atoms with Crippen LogP contribution < -0.4 is 5.32 Å². The van der Waals surface area contributed by atoms with Gasteiger partial charge in [-0.25, -0.2) is 0 Å². The van der Waals surface area contributed by atoms with E-state index in [9.17, 15) is 14.7 Å². The zero-order valence-electron chi connectivity index (χ0n) is 12.8. The van der Waals surface area contributed by atoms with E-state index in [0.29, 0.717) is 5.56 Å². The van der Waals surface area contributed by atoms with Crippen LogP contribution in [0, 0.1) is 0 Å². The molecule has 0 unspecified atom stereocenters. The van der Waals surface area contributed by atoms with Crippen LogP contribution in [0.1, 0.15) is 24.1 Å². The molecule has 0 aliphatic heterocycles. The molecule has 120 valence electrons. The van der Waals surface area contributed by atoms with Crippen LogP contribution in [-0.2, 0) is 20.9 Å². The molecule has 2 aromatic rings. The van der Waals surface area contributed by atoms with E-state index in [1.165, 1.54) is 0 Å². The first-order chi connectivity index (χ1) is 11.1. The normalized spacial score (nSPS) is 13.1. The summed E-state index contributed by atoms with van der Waals surface area (Å²) in [6.45, 7) is 1.75. The number of hydrogen-bond donors (Lipinski definition) is 2. The van der Waals surface area contributed by atoms with Crippen LogP contribution in [0.5, 0.6) is 0 Å². The highest BCUT2D eigenvalue weighted by Gasteiger charge is 2.25. The van der Waals surface area contributed by atoms with Crippen molar-refractivity contribution in [1.82, 2.24) is 5.32 Å². The van der Waals surface area contributed by atoms with Crippen molar-refractivity contribution < 1.29 is 19.4 Å². The molecule has 0 bridgehead atoms. The second-order valence-corrected chi connectivity index (χ2v) is 5.16. The molecule has 2 rings (SSSR count). The van der Waals surface area contributed by atoms with Crippen molar-refractivity contribution in [1.29, 1.82) is 0 Å². The van der Waals surface area contributed by atoms with Crippen LogP contribution in [0.2, 0.25) is 0 Å². The topological polar surface area (TPSA) is 75.6 Å². The third kappa shape index (κ3) is 4.93. The molecule has 5 heteroatoms. The lowest BCUT2D eigenvalue weighted by Crippen LogP contribution is -2.41. The monoisotopic (exact) mass is 313 g/mol. The summed E-state index contributed by atoms with van der Waals surface area (Å²) in [5, 5.41) is 12.1. The van der Waals surface area contributed by atoms with Crippen LogP contribution >= 0.6 is 0 Å². The number of aliphatic carboxylic acids is 1. The number of esters is 1. The van der Waals surface area contributed by atoms with Gasteiger partial charge in [-0.1, -0.05) is 60.7 Å². The standard InChI is InChI=1S/C18H19NO4/c1-13(18(22)23-12-14-8-4-2-5-9-14)19-16(17(20)21)15-10-6-3-7-11-15/h2-11,13,16,19H,12H2,1H3,(H,20,21)/t13-,16+/m1/s1. The van der Waals surface area contributed by atoms with Crippen LogP contribution in [0.4, 0.5) is 0 Å². The highest BCUT2D eigenvalue weighted by molar-refractivity contribution is 5.79. The third-order valence-electron chi connectivity index (χ3n) is 3.37. The average Bonchev–Trinajstić information content (AvgIpc) is 2.58. The van der Waals surface area contributed by atoms with Gasteiger partial charge in [0.1, 0.15) is 18.7 Å². The van der Waals surface area contributed by atoms with Crippen molar-refractivity contribution in [2.45, 2.75) is 25.6 Å². The number of hydrogen-bond acceptors (Lipinski definition) is 4. The van der Waals surface area contributed by atoms with Crippen LogP contribution in [0.3, 0.4) is 0 Å². The van der Waals surface area contributed by atoms with E-state index in [4.69, 9.17) is 4.74 Å². The average molecular weight is 313 g/mol. The molecule has 0 fully saturated rings. The lowest BCUT2D eigenvalue weighted by atomic mass is 10.1. The van der Waals surface area contributed by atoms with Crippen LogP contribution in [0.15, 0.2) is 60.7 Å². The smallest absolute Gasteiger partial charge is 0.325 e. The van der Waals surface area contributed by atoms with Gasteiger partial charge >= 0.3 is 11.9 Å². The lowest BCUT2D eigenvalue weighted by molar-refractivity contribution is -0.148. The molecular formula is C18H19NO4. The number of carboxylic acid groups (broad SMARTS) is 1. The van der Waals surface area contributed by atoms with Crippen molar-refractivity contribution >= 4 is 11.9 Å². The predicted molar refractivity (Wildman–Crippen MR) is 85.7 cm³/mol. The number of rotatable bonds is 7. The van der Waals surface area contributed by atoms with Crippen LogP contribution in [-0.4, -0.2) is 23.1 Å². The maximum Gasteiger partial charge on any atom is 0.325 e. The van der Waals surface area contributed by atoms with Crippen molar-refractivity contribution in [2.75, 3.05) is 0 Å². The number of carbonyl (C=O) groups excluding carboxylic acids is 1. The molecule has 0 radical (unpaired) electrons. The number of nitrogens with one attached hydrogen (secondary N) is 1. The number of benzene rings is 2. The molecule has 5 nitrogen and oxygen atoms in total. The first kappa shape index (κ1) is 16.7. The quantitative estimate of drug-likeness (QED) is 0.768. The fraction of sp³-hybridized carbons (Fsp3) is 0.222. The van der Waals surface area contributed by atoms with E-state index in [0.717, 1.165) is 5.56 Å². The minimum atomic E-state index is -1.04. The van der Waals surface area contributed by atoms with Crippen molar-refractivity contribution in [2.24, 2.45) is 0 Å². The second-order valence-electron chi connectivity index (χ2n) is 5.16. The maximum atomic E-state index is 12.0. The fourth-order valence-corrected chi connectivity index (χ4v) is 2.13. The molecule has 2 N–H and O–H groups in total. The highest BCUT2D eigenvalue weighted by Crippen LogP contribution is 2.14. The van der Waals surface area contributed by atoms with Crippen molar-refractivity contribution in [3.63, 3.8) is 0 Å². The largest absolute Gasteiger partial charge is 0.480 e. The molecule has 2 atom stereocenters. The zero-order valence-corrected chi connectivity index (χ0v) is 12.8. The Labute approximate surface area is 134 Å². The molecule has 0 amide bonds. The molecule has 0 heterocycles. The Morgan fingerprint density at radius 3 is 2.17 bits per heavy atom. The number of ether oxygens (including phenoxy) is 1. The molecule has 23 heavy (non-hydrogen) atoms. The molecular weight excluding hydrogens is 294 g/mol. The van der Waals surface area contributed by atoms with E-state index >= 15 is 0 Å². The van der Waals surface area contributed by atoms with Gasteiger partial charge in [-0.3, -0.25) is 14.9 Å². The summed E-state index contributed by atoms with van der Waals surface area (Å²) in [6.07, 6.45) is 0. The molecule has 0 saturated heterocycles. The first-order valence-corrected chi connectivity index (χ1v) is 7.32. The minimum Gasteiger partial charge on any atom is -0.480 e. The molecule has 0 aliphatic carbocycles. The van der Waals surface area contributed by atoms with Crippen LogP contribution in [0.25, 0.3) is 0 Å². The predicted octanol–water partition coefficient (Wildman–Crippen LogP) is 2.53. The van der Waals surface area contributed by atoms with Gasteiger partial charge in [0.15, 0.2) is 0 Å². The fourth-order valence-electron chi connectivity index (χ4n) is 2.13. The Kier molecular flexibility index (Phi) is 5.88. The molecule has 2 aromatic carbocycles. The second kappa shape index (κ2) is 8.10. The molecule has 0 aliphatic rings. The van der Waals surface area contributed by atoms with Gasteiger partial charge in [-0.2, -0.15) is 0 Å². The van der Waals surface area contributed by atoms with E-state index < -0.39 is 24.0 Å². The Morgan fingerprint density at radius 1 is 1.04 bits per heavy atom. The zero-order chi connectivity index (χ0) is 16.7. The summed E-state index contributed by atoms with van der Waals surface area (Å²) < 4.78 is 5.21. The number of carboxylic acids is 1. The van der Waals surface area contributed by atoms with Gasteiger partial charge in [-0.15, -0.1) is 0 Å². The van der Waals surface area contributed by atoms with E-state index in [2.05, 4.69) is 5.32 Å². The van der Waals surface area contributed by atoms with E-state index in [1.54, 1.807) is 37.3 Å². The highest BCUT2D eigenvalue weighted by atomic mass is 16.5. The third-order valence-corrected chi connectivity index (χ3v) is 3.37. The summed E-state index contributed by atoms with van der Waals surface area (Å²) >= 11 is 0. The van der Waals surface area contributed by atoms with E-state index in [-0.39, 0.29) is 6.61 Å². The van der Waals surface area contributed by atoms with Gasteiger partial charge < -0.3 is 9.84 Å². The number of carbonyl (C=O) groups is 2. The summed E-state index contributed by atoms with van der Waals surface area (Å²) in [7, 11) is 0. The van der Waals surface area contributed by atoms with Gasteiger partial charge in [-0.05, 0) is 18.1 Å². The first-order valence-electron chi connectivity index (χ1n) is 7.32.